The monoisotopic (exact) mass is 496 g/mol. The summed E-state index contributed by atoms with van der Waals surface area (Å²) in [6.45, 7) is 2.14. The topological polar surface area (TPSA) is 134 Å². The van der Waals surface area contributed by atoms with E-state index >= 15 is 0 Å². The number of halogens is 1. The van der Waals surface area contributed by atoms with Gasteiger partial charge >= 0.3 is 11.9 Å². The Labute approximate surface area is 196 Å². The van der Waals surface area contributed by atoms with Gasteiger partial charge in [-0.3, -0.25) is 9.59 Å². The van der Waals surface area contributed by atoms with Crippen LogP contribution in [-0.2, 0) is 27.8 Å². The third-order valence-corrected chi connectivity index (χ3v) is 7.95. The van der Waals surface area contributed by atoms with Crippen molar-refractivity contribution in [2.24, 2.45) is 0 Å². The summed E-state index contributed by atoms with van der Waals surface area (Å²) in [5, 5.41) is 18.7. The average molecular weight is 497 g/mol. The molecule has 0 radical (unpaired) electrons. The van der Waals surface area contributed by atoms with Crippen molar-refractivity contribution in [1.29, 1.82) is 0 Å². The molecule has 1 aromatic heterocycles. The standard InChI is InChI=1S/C22H25ClN2O7S/c1-2-3-5-16-10-15(21(27)28)11-20(26)24(16)13-14-7-8-17(12-18(14)23)33(31,32)25-9-4-6-19(25)22(29)30/h7-8,10-12,19H,2-6,9,13H2,1H3,(H,27,28)(H,29,30). The zero-order valence-electron chi connectivity index (χ0n) is 18.0. The lowest BCUT2D eigenvalue weighted by atomic mass is 10.1. The lowest BCUT2D eigenvalue weighted by molar-refractivity contribution is -0.140. The second kappa shape index (κ2) is 10.1. The van der Waals surface area contributed by atoms with E-state index in [0.29, 0.717) is 24.1 Å². The van der Waals surface area contributed by atoms with Crippen molar-refractivity contribution < 1.29 is 28.2 Å². The highest BCUT2D eigenvalue weighted by atomic mass is 35.5. The molecule has 3 rings (SSSR count). The second-order valence-corrected chi connectivity index (χ2v) is 10.2. The number of aliphatic carboxylic acids is 1. The number of aromatic nitrogens is 1. The number of hydrogen-bond acceptors (Lipinski definition) is 5. The predicted octanol–water partition coefficient (Wildman–Crippen LogP) is 2.83. The van der Waals surface area contributed by atoms with Gasteiger partial charge in [0.05, 0.1) is 17.0 Å². The minimum atomic E-state index is -4.05. The van der Waals surface area contributed by atoms with E-state index in [-0.39, 0.29) is 35.0 Å². The quantitative estimate of drug-likeness (QED) is 0.545. The Morgan fingerprint density at radius 3 is 2.52 bits per heavy atom. The van der Waals surface area contributed by atoms with Gasteiger partial charge in [-0.1, -0.05) is 31.0 Å². The third kappa shape index (κ3) is 5.29. The fraction of sp³-hybridized carbons (Fsp3) is 0.409. The van der Waals surface area contributed by atoms with Crippen molar-refractivity contribution in [3.05, 3.63) is 62.5 Å². The summed E-state index contributed by atoms with van der Waals surface area (Å²) in [4.78, 5) is 35.3. The van der Waals surface area contributed by atoms with Crippen molar-refractivity contribution in [3.63, 3.8) is 0 Å². The van der Waals surface area contributed by atoms with E-state index in [1.165, 1.54) is 28.8 Å². The number of sulfonamides is 1. The van der Waals surface area contributed by atoms with Crippen molar-refractivity contribution in [2.45, 2.75) is 56.5 Å². The number of hydrogen-bond donors (Lipinski definition) is 2. The zero-order valence-corrected chi connectivity index (χ0v) is 19.6. The van der Waals surface area contributed by atoms with Gasteiger partial charge in [0.1, 0.15) is 6.04 Å². The molecule has 0 aliphatic carbocycles. The van der Waals surface area contributed by atoms with E-state index in [2.05, 4.69) is 0 Å². The minimum Gasteiger partial charge on any atom is -0.480 e. The molecule has 1 fully saturated rings. The fourth-order valence-corrected chi connectivity index (χ4v) is 5.90. The molecule has 1 aliphatic heterocycles. The normalized spacial score (nSPS) is 16.7. The van der Waals surface area contributed by atoms with E-state index < -0.39 is 33.6 Å². The van der Waals surface area contributed by atoms with Gasteiger partial charge in [0.25, 0.3) is 5.56 Å². The molecule has 1 aliphatic rings. The van der Waals surface area contributed by atoms with Gasteiger partial charge in [-0.15, -0.1) is 0 Å². The summed E-state index contributed by atoms with van der Waals surface area (Å²) in [6.07, 6.45) is 2.82. The van der Waals surface area contributed by atoms with Crippen LogP contribution in [-0.4, -0.2) is 52.0 Å². The van der Waals surface area contributed by atoms with Crippen LogP contribution in [0.4, 0.5) is 0 Å². The van der Waals surface area contributed by atoms with Gasteiger partial charge in [0.15, 0.2) is 0 Å². The molecule has 2 aromatic rings. The van der Waals surface area contributed by atoms with Crippen molar-refractivity contribution in [2.75, 3.05) is 6.54 Å². The van der Waals surface area contributed by atoms with Gasteiger partial charge in [0.2, 0.25) is 10.0 Å². The third-order valence-electron chi connectivity index (χ3n) is 5.70. The Kier molecular flexibility index (Phi) is 7.61. The number of aryl methyl sites for hydroxylation is 1. The second-order valence-electron chi connectivity index (χ2n) is 7.93. The summed E-state index contributed by atoms with van der Waals surface area (Å²) in [7, 11) is -4.05. The number of pyridine rings is 1. The first kappa shape index (κ1) is 24.9. The fourth-order valence-electron chi connectivity index (χ4n) is 3.92. The lowest BCUT2D eigenvalue weighted by Crippen LogP contribution is -2.40. The first-order valence-electron chi connectivity index (χ1n) is 10.6. The Hall–Kier alpha value is -2.69. The van der Waals surface area contributed by atoms with Crippen LogP contribution in [0.3, 0.4) is 0 Å². The summed E-state index contributed by atoms with van der Waals surface area (Å²) in [5.74, 6) is -2.38. The number of carboxylic acids is 2. The van der Waals surface area contributed by atoms with Gasteiger partial charge in [0, 0.05) is 23.3 Å². The van der Waals surface area contributed by atoms with Crippen LogP contribution in [0.25, 0.3) is 0 Å². The number of aromatic carboxylic acids is 1. The molecule has 0 amide bonds. The molecule has 1 aromatic carbocycles. The predicted molar refractivity (Wildman–Crippen MR) is 121 cm³/mol. The van der Waals surface area contributed by atoms with Crippen LogP contribution in [0.5, 0.6) is 0 Å². The number of carboxylic acid groups (broad SMARTS) is 2. The molecule has 2 N–H and O–H groups in total. The molecule has 178 valence electrons. The molecular formula is C22H25ClN2O7S. The number of nitrogens with zero attached hydrogens (tertiary/aromatic N) is 2. The molecule has 0 spiro atoms. The Morgan fingerprint density at radius 1 is 1.18 bits per heavy atom. The first-order valence-corrected chi connectivity index (χ1v) is 12.4. The number of unbranched alkanes of at least 4 members (excludes halogenated alkanes) is 1. The van der Waals surface area contributed by atoms with E-state index in [4.69, 9.17) is 11.6 Å². The van der Waals surface area contributed by atoms with Crippen LogP contribution < -0.4 is 5.56 Å². The summed E-state index contributed by atoms with van der Waals surface area (Å²) < 4.78 is 28.4. The van der Waals surface area contributed by atoms with E-state index in [1.807, 2.05) is 6.92 Å². The maximum Gasteiger partial charge on any atom is 0.335 e. The highest BCUT2D eigenvalue weighted by molar-refractivity contribution is 7.89. The van der Waals surface area contributed by atoms with Crippen molar-refractivity contribution in [3.8, 4) is 0 Å². The van der Waals surface area contributed by atoms with Gasteiger partial charge in [-0.05, 0) is 49.4 Å². The summed E-state index contributed by atoms with van der Waals surface area (Å²) >= 11 is 6.37. The number of benzene rings is 1. The molecule has 33 heavy (non-hydrogen) atoms. The summed E-state index contributed by atoms with van der Waals surface area (Å²) in [6, 6.07) is 5.49. The van der Waals surface area contributed by atoms with Gasteiger partial charge in [-0.25, -0.2) is 13.2 Å². The Bertz CT molecular complexity index is 1240. The Balaban J connectivity index is 1.95. The van der Waals surface area contributed by atoms with Crippen molar-refractivity contribution in [1.82, 2.24) is 8.87 Å². The summed E-state index contributed by atoms with van der Waals surface area (Å²) in [5.41, 5.74) is 0.453. The maximum atomic E-state index is 13.0. The zero-order chi connectivity index (χ0) is 24.3. The molecule has 9 nitrogen and oxygen atoms in total. The SMILES string of the molecule is CCCCc1cc(C(=O)O)cc(=O)n1Cc1ccc(S(=O)(=O)N2CCCC2C(=O)O)cc1Cl. The van der Waals surface area contributed by atoms with Crippen LogP contribution >= 0.6 is 11.6 Å². The average Bonchev–Trinajstić information content (AvgIpc) is 3.26. The smallest absolute Gasteiger partial charge is 0.335 e. The molecular weight excluding hydrogens is 472 g/mol. The molecule has 1 atom stereocenters. The highest BCUT2D eigenvalue weighted by Crippen LogP contribution is 2.29. The molecule has 1 unspecified atom stereocenters. The van der Waals surface area contributed by atoms with Crippen LogP contribution in [0, 0.1) is 0 Å². The van der Waals surface area contributed by atoms with Crippen LogP contribution in [0.15, 0.2) is 40.0 Å². The Morgan fingerprint density at radius 2 is 1.91 bits per heavy atom. The number of rotatable bonds is 9. The molecule has 0 saturated carbocycles. The van der Waals surface area contributed by atoms with E-state index in [1.54, 1.807) is 0 Å². The molecule has 2 heterocycles. The maximum absolute atomic E-state index is 13.0. The minimum absolute atomic E-state index is 0.0401. The number of carbonyl (C=O) groups is 2. The van der Waals surface area contributed by atoms with E-state index in [0.717, 1.165) is 23.2 Å². The van der Waals surface area contributed by atoms with E-state index in [9.17, 15) is 33.0 Å². The first-order chi connectivity index (χ1) is 15.6. The van der Waals surface area contributed by atoms with Crippen LogP contribution in [0.2, 0.25) is 5.02 Å². The molecule has 0 bridgehead atoms. The molecule has 11 heteroatoms. The van der Waals surface area contributed by atoms with Gasteiger partial charge < -0.3 is 14.8 Å². The van der Waals surface area contributed by atoms with Gasteiger partial charge in [-0.2, -0.15) is 4.31 Å². The van der Waals surface area contributed by atoms with Crippen molar-refractivity contribution >= 4 is 33.6 Å². The molecule has 1 saturated heterocycles. The van der Waals surface area contributed by atoms with Crippen LogP contribution in [0.1, 0.15) is 54.2 Å². The highest BCUT2D eigenvalue weighted by Gasteiger charge is 2.39. The lowest BCUT2D eigenvalue weighted by Gasteiger charge is -2.21. The largest absolute Gasteiger partial charge is 0.480 e.